The zero-order valence-corrected chi connectivity index (χ0v) is 16.5. The number of Topliss-reactive ketones (excluding diaryl/α,β-unsaturated/α-hetero) is 1. The van der Waals surface area contributed by atoms with Crippen molar-refractivity contribution in [2.75, 3.05) is 0 Å². The summed E-state index contributed by atoms with van der Waals surface area (Å²) >= 11 is 1.40. The molecule has 134 valence electrons. The SMILES string of the molecule is Cc1cc(C(C)(C)C)cc(C)c1COC(=O)CCC(=O)c1cccs1. The number of carbonyl (C=O) groups excluding carboxylic acids is 2. The molecule has 25 heavy (non-hydrogen) atoms. The fraction of sp³-hybridized carbons (Fsp3) is 0.429. The van der Waals surface area contributed by atoms with Crippen LogP contribution in [0.5, 0.6) is 0 Å². The van der Waals surface area contributed by atoms with E-state index in [-0.39, 0.29) is 36.6 Å². The lowest BCUT2D eigenvalue weighted by Crippen LogP contribution is -2.13. The molecule has 0 saturated carbocycles. The molecule has 1 aromatic carbocycles. The molecule has 0 fully saturated rings. The molecule has 4 heteroatoms. The van der Waals surface area contributed by atoms with E-state index in [9.17, 15) is 9.59 Å². The number of hydrogen-bond acceptors (Lipinski definition) is 4. The van der Waals surface area contributed by atoms with E-state index >= 15 is 0 Å². The third-order valence-electron chi connectivity index (χ3n) is 4.29. The molecule has 2 rings (SSSR count). The number of thiophene rings is 1. The molecule has 0 radical (unpaired) electrons. The molecule has 0 N–H and O–H groups in total. The monoisotopic (exact) mass is 358 g/mol. The van der Waals surface area contributed by atoms with E-state index in [0.717, 1.165) is 16.7 Å². The number of esters is 1. The maximum absolute atomic E-state index is 12.0. The minimum Gasteiger partial charge on any atom is -0.461 e. The first-order valence-corrected chi connectivity index (χ1v) is 9.39. The third kappa shape index (κ3) is 5.27. The Morgan fingerprint density at radius 3 is 2.24 bits per heavy atom. The summed E-state index contributed by atoms with van der Waals surface area (Å²) in [5, 5.41) is 1.86. The third-order valence-corrected chi connectivity index (χ3v) is 5.20. The highest BCUT2D eigenvalue weighted by atomic mass is 32.1. The number of carbonyl (C=O) groups is 2. The van der Waals surface area contributed by atoms with Crippen LogP contribution in [0.25, 0.3) is 0 Å². The van der Waals surface area contributed by atoms with Crippen molar-refractivity contribution in [1.82, 2.24) is 0 Å². The van der Waals surface area contributed by atoms with Gasteiger partial charge in [-0.1, -0.05) is 39.0 Å². The van der Waals surface area contributed by atoms with E-state index in [2.05, 4.69) is 32.9 Å². The van der Waals surface area contributed by atoms with Gasteiger partial charge in [0.2, 0.25) is 0 Å². The Hall–Kier alpha value is -1.94. The Balaban J connectivity index is 1.92. The maximum Gasteiger partial charge on any atom is 0.306 e. The van der Waals surface area contributed by atoms with Crippen molar-refractivity contribution in [3.8, 4) is 0 Å². The van der Waals surface area contributed by atoms with Gasteiger partial charge in [-0.3, -0.25) is 9.59 Å². The molecule has 1 aromatic heterocycles. The van der Waals surface area contributed by atoms with Gasteiger partial charge in [0.25, 0.3) is 0 Å². The Labute approximate surface area is 154 Å². The van der Waals surface area contributed by atoms with Crippen molar-refractivity contribution in [1.29, 1.82) is 0 Å². The first-order chi connectivity index (χ1) is 11.7. The van der Waals surface area contributed by atoms with Crippen LogP contribution in [0.4, 0.5) is 0 Å². The molecule has 0 aliphatic heterocycles. The Bertz CT molecular complexity index is 729. The molecule has 0 unspecified atom stereocenters. The van der Waals surface area contributed by atoms with Crippen molar-refractivity contribution < 1.29 is 14.3 Å². The quantitative estimate of drug-likeness (QED) is 0.515. The van der Waals surface area contributed by atoms with E-state index in [1.54, 1.807) is 6.07 Å². The summed E-state index contributed by atoms with van der Waals surface area (Å²) in [6.45, 7) is 10.9. The molecule has 3 nitrogen and oxygen atoms in total. The Morgan fingerprint density at radius 2 is 1.72 bits per heavy atom. The predicted molar refractivity (Wildman–Crippen MR) is 102 cm³/mol. The summed E-state index contributed by atoms with van der Waals surface area (Å²) in [5.74, 6) is -0.336. The van der Waals surface area contributed by atoms with E-state index in [0.29, 0.717) is 4.88 Å². The molecule has 0 spiro atoms. The predicted octanol–water partition coefficient (Wildman–Crippen LogP) is 5.37. The second-order valence-corrected chi connectivity index (χ2v) is 8.35. The molecule has 0 aliphatic carbocycles. The standard InChI is InChI=1S/C21H26O3S/c1-14-11-16(21(3,4)5)12-15(2)17(14)13-24-20(23)9-8-18(22)19-7-6-10-25-19/h6-7,10-12H,8-9,13H2,1-5H3. The van der Waals surface area contributed by atoms with Crippen LogP contribution in [0.2, 0.25) is 0 Å². The van der Waals surface area contributed by atoms with Crippen molar-refractivity contribution >= 4 is 23.1 Å². The summed E-state index contributed by atoms with van der Waals surface area (Å²) < 4.78 is 5.40. The van der Waals surface area contributed by atoms with E-state index in [1.165, 1.54) is 16.9 Å². The van der Waals surface area contributed by atoms with Crippen LogP contribution in [-0.4, -0.2) is 11.8 Å². The second kappa shape index (κ2) is 7.96. The summed E-state index contributed by atoms with van der Waals surface area (Å²) in [6.07, 6.45) is 0.315. The van der Waals surface area contributed by atoms with E-state index < -0.39 is 0 Å². The zero-order chi connectivity index (χ0) is 18.6. The largest absolute Gasteiger partial charge is 0.461 e. The normalized spacial score (nSPS) is 11.4. The van der Waals surface area contributed by atoms with Gasteiger partial charge in [-0.25, -0.2) is 0 Å². The Kier molecular flexibility index (Phi) is 6.17. The highest BCUT2D eigenvalue weighted by Gasteiger charge is 2.17. The molecular weight excluding hydrogens is 332 g/mol. The number of hydrogen-bond donors (Lipinski definition) is 0. The lowest BCUT2D eigenvalue weighted by Gasteiger charge is -2.22. The van der Waals surface area contributed by atoms with Crippen LogP contribution in [0.15, 0.2) is 29.6 Å². The second-order valence-electron chi connectivity index (χ2n) is 7.40. The minimum atomic E-state index is -0.330. The highest BCUT2D eigenvalue weighted by molar-refractivity contribution is 7.12. The van der Waals surface area contributed by atoms with Crippen LogP contribution < -0.4 is 0 Å². The number of aryl methyl sites for hydroxylation is 2. The zero-order valence-electron chi connectivity index (χ0n) is 15.6. The highest BCUT2D eigenvalue weighted by Crippen LogP contribution is 2.27. The van der Waals surface area contributed by atoms with Gasteiger partial charge in [0, 0.05) is 6.42 Å². The molecule has 1 heterocycles. The first kappa shape index (κ1) is 19.4. The summed E-state index contributed by atoms with van der Waals surface area (Å²) in [7, 11) is 0. The van der Waals surface area contributed by atoms with Gasteiger partial charge in [-0.05, 0) is 53.0 Å². The average molecular weight is 359 g/mol. The molecular formula is C21H26O3S. The average Bonchev–Trinajstić information content (AvgIpc) is 3.05. The number of ether oxygens (including phenoxy) is 1. The van der Waals surface area contributed by atoms with Gasteiger partial charge < -0.3 is 4.74 Å². The van der Waals surface area contributed by atoms with Crippen molar-refractivity contribution in [2.24, 2.45) is 0 Å². The van der Waals surface area contributed by atoms with Gasteiger partial charge in [0.15, 0.2) is 5.78 Å². The van der Waals surface area contributed by atoms with Gasteiger partial charge >= 0.3 is 5.97 Å². The van der Waals surface area contributed by atoms with Crippen LogP contribution >= 0.6 is 11.3 Å². The van der Waals surface area contributed by atoms with Gasteiger partial charge in [0.05, 0.1) is 11.3 Å². The van der Waals surface area contributed by atoms with Crippen LogP contribution in [-0.2, 0) is 21.6 Å². The van der Waals surface area contributed by atoms with Crippen molar-refractivity contribution in [2.45, 2.75) is 59.5 Å². The summed E-state index contributed by atoms with van der Waals surface area (Å²) in [6, 6.07) is 7.94. The van der Waals surface area contributed by atoms with E-state index in [1.807, 2.05) is 25.3 Å². The fourth-order valence-corrected chi connectivity index (χ4v) is 3.35. The molecule has 2 aromatic rings. The first-order valence-electron chi connectivity index (χ1n) is 8.51. The lowest BCUT2D eigenvalue weighted by molar-refractivity contribution is -0.144. The minimum absolute atomic E-state index is 0.00570. The van der Waals surface area contributed by atoms with Gasteiger partial charge in [0.1, 0.15) is 6.61 Å². The topological polar surface area (TPSA) is 43.4 Å². The molecule has 0 aliphatic rings. The number of benzene rings is 1. The molecule has 0 saturated heterocycles. The molecule has 0 bridgehead atoms. The van der Waals surface area contributed by atoms with E-state index in [4.69, 9.17) is 4.74 Å². The molecule has 0 atom stereocenters. The van der Waals surface area contributed by atoms with Gasteiger partial charge in [-0.15, -0.1) is 11.3 Å². The smallest absolute Gasteiger partial charge is 0.306 e. The lowest BCUT2D eigenvalue weighted by atomic mass is 9.84. The van der Waals surface area contributed by atoms with Crippen LogP contribution in [0.1, 0.15) is 65.5 Å². The number of rotatable bonds is 6. The summed E-state index contributed by atoms with van der Waals surface area (Å²) in [5.41, 5.74) is 4.68. The van der Waals surface area contributed by atoms with Crippen LogP contribution in [0.3, 0.4) is 0 Å². The van der Waals surface area contributed by atoms with Crippen LogP contribution in [0, 0.1) is 13.8 Å². The molecule has 0 amide bonds. The van der Waals surface area contributed by atoms with Gasteiger partial charge in [-0.2, -0.15) is 0 Å². The fourth-order valence-electron chi connectivity index (χ4n) is 2.65. The van der Waals surface area contributed by atoms with Crippen molar-refractivity contribution in [3.05, 3.63) is 56.8 Å². The van der Waals surface area contributed by atoms with Crippen molar-refractivity contribution in [3.63, 3.8) is 0 Å². The Morgan fingerprint density at radius 1 is 1.08 bits per heavy atom. The summed E-state index contributed by atoms with van der Waals surface area (Å²) in [4.78, 5) is 24.6. The number of ketones is 1. The maximum atomic E-state index is 12.0.